The molecule has 0 atom stereocenters. The Morgan fingerprint density at radius 1 is 1.48 bits per heavy atom. The fraction of sp³-hybridized carbons (Fsp3) is 0.250. The van der Waals surface area contributed by atoms with E-state index in [0.717, 1.165) is 11.3 Å². The number of hydrogen-bond acceptors (Lipinski definition) is 6. The smallest absolute Gasteiger partial charge is 0.325 e. The standard InChI is InChI=1S/C12H11N3O5S/c1-7(16)13-12-14(6-11(17)20-2)9-4-3-8(15(18)19)5-10(9)21-12/h3-5H,6H2,1-2H3. The van der Waals surface area contributed by atoms with Gasteiger partial charge in [0, 0.05) is 19.1 Å². The van der Waals surface area contributed by atoms with Crippen molar-refractivity contribution in [1.29, 1.82) is 0 Å². The zero-order chi connectivity index (χ0) is 15.6. The number of rotatable bonds is 3. The van der Waals surface area contributed by atoms with E-state index in [4.69, 9.17) is 0 Å². The van der Waals surface area contributed by atoms with E-state index in [9.17, 15) is 19.7 Å². The third-order valence-electron chi connectivity index (χ3n) is 2.65. The maximum Gasteiger partial charge on any atom is 0.325 e. The second-order valence-corrected chi connectivity index (χ2v) is 5.10. The Kier molecular flexibility index (Phi) is 4.13. The second kappa shape index (κ2) is 5.83. The van der Waals surface area contributed by atoms with E-state index >= 15 is 0 Å². The molecule has 0 aliphatic carbocycles. The van der Waals surface area contributed by atoms with E-state index in [1.54, 1.807) is 0 Å². The van der Waals surface area contributed by atoms with E-state index in [0.29, 0.717) is 15.0 Å². The SMILES string of the molecule is COC(=O)Cn1c(=NC(C)=O)sc2cc([N+](=O)[O-])ccc21. The molecule has 0 radical (unpaired) electrons. The molecule has 0 fully saturated rings. The molecule has 1 aromatic heterocycles. The van der Waals surface area contributed by atoms with Crippen molar-refractivity contribution in [2.45, 2.75) is 13.5 Å². The van der Waals surface area contributed by atoms with Gasteiger partial charge in [-0.25, -0.2) is 0 Å². The number of nitro benzene ring substituents is 1. The van der Waals surface area contributed by atoms with E-state index < -0.39 is 16.8 Å². The monoisotopic (exact) mass is 309 g/mol. The van der Waals surface area contributed by atoms with Gasteiger partial charge in [-0.15, -0.1) is 0 Å². The van der Waals surface area contributed by atoms with Gasteiger partial charge in [0.2, 0.25) is 5.91 Å². The highest BCUT2D eigenvalue weighted by atomic mass is 32.1. The van der Waals surface area contributed by atoms with Gasteiger partial charge in [0.05, 0.1) is 22.2 Å². The molecule has 2 aromatic rings. The summed E-state index contributed by atoms with van der Waals surface area (Å²) in [6, 6.07) is 4.24. The number of carbonyl (C=O) groups excluding carboxylic acids is 2. The number of hydrogen-bond donors (Lipinski definition) is 0. The van der Waals surface area contributed by atoms with Gasteiger partial charge in [-0.3, -0.25) is 19.7 Å². The molecule has 0 saturated carbocycles. The molecule has 2 rings (SSSR count). The molecule has 0 aliphatic heterocycles. The molecule has 1 aromatic carbocycles. The molecule has 1 amide bonds. The van der Waals surface area contributed by atoms with Crippen molar-refractivity contribution in [3.05, 3.63) is 33.1 Å². The van der Waals surface area contributed by atoms with Crippen LogP contribution in [0, 0.1) is 10.1 Å². The van der Waals surface area contributed by atoms with E-state index in [1.807, 2.05) is 0 Å². The van der Waals surface area contributed by atoms with Crippen molar-refractivity contribution in [1.82, 2.24) is 4.57 Å². The van der Waals surface area contributed by atoms with Gasteiger partial charge in [0.25, 0.3) is 5.69 Å². The van der Waals surface area contributed by atoms with Gasteiger partial charge in [-0.1, -0.05) is 11.3 Å². The molecule has 0 aliphatic rings. The number of ether oxygens (including phenoxy) is 1. The van der Waals surface area contributed by atoms with Gasteiger partial charge < -0.3 is 9.30 Å². The summed E-state index contributed by atoms with van der Waals surface area (Å²) in [7, 11) is 1.25. The maximum atomic E-state index is 11.5. The number of non-ortho nitro benzene ring substituents is 1. The van der Waals surface area contributed by atoms with E-state index in [-0.39, 0.29) is 12.2 Å². The molecule has 110 valence electrons. The summed E-state index contributed by atoms with van der Waals surface area (Å²) in [5.41, 5.74) is 0.513. The number of aromatic nitrogens is 1. The van der Waals surface area contributed by atoms with Crippen molar-refractivity contribution in [2.24, 2.45) is 4.99 Å². The first-order valence-electron chi connectivity index (χ1n) is 5.82. The van der Waals surface area contributed by atoms with Crippen molar-refractivity contribution >= 4 is 39.1 Å². The van der Waals surface area contributed by atoms with Crippen LogP contribution in [0.25, 0.3) is 10.2 Å². The molecular weight excluding hydrogens is 298 g/mol. The summed E-state index contributed by atoms with van der Waals surface area (Å²) in [4.78, 5) is 37.0. The minimum absolute atomic E-state index is 0.0663. The Morgan fingerprint density at radius 3 is 2.76 bits per heavy atom. The average molecular weight is 309 g/mol. The molecular formula is C12H11N3O5S. The number of nitro groups is 1. The van der Waals surface area contributed by atoms with E-state index in [1.165, 1.54) is 36.8 Å². The predicted octanol–water partition coefficient (Wildman–Crippen LogP) is 1.23. The summed E-state index contributed by atoms with van der Waals surface area (Å²) in [5, 5.41) is 10.8. The number of thiazole rings is 1. The minimum atomic E-state index is -0.508. The quantitative estimate of drug-likeness (QED) is 0.482. The Hall–Kier alpha value is -2.55. The van der Waals surface area contributed by atoms with Gasteiger partial charge >= 0.3 is 5.97 Å². The number of amides is 1. The third-order valence-corrected chi connectivity index (χ3v) is 3.69. The van der Waals surface area contributed by atoms with Crippen molar-refractivity contribution in [3.63, 3.8) is 0 Å². The lowest BCUT2D eigenvalue weighted by atomic mass is 10.3. The van der Waals surface area contributed by atoms with Crippen LogP contribution in [-0.2, 0) is 20.9 Å². The van der Waals surface area contributed by atoms with Gasteiger partial charge in [-0.2, -0.15) is 4.99 Å². The molecule has 0 unspecified atom stereocenters. The third kappa shape index (κ3) is 3.14. The van der Waals surface area contributed by atoms with Crippen LogP contribution >= 0.6 is 11.3 Å². The molecule has 0 N–H and O–H groups in total. The number of methoxy groups -OCH3 is 1. The van der Waals surface area contributed by atoms with Gasteiger partial charge in [0.1, 0.15) is 6.54 Å². The lowest BCUT2D eigenvalue weighted by molar-refractivity contribution is -0.384. The first-order valence-corrected chi connectivity index (χ1v) is 6.64. The summed E-state index contributed by atoms with van der Waals surface area (Å²) in [6.07, 6.45) is 0. The van der Waals surface area contributed by atoms with Crippen molar-refractivity contribution in [2.75, 3.05) is 7.11 Å². The molecule has 0 bridgehead atoms. The van der Waals surface area contributed by atoms with Crippen LogP contribution in [0.1, 0.15) is 6.92 Å². The Labute approximate surface area is 122 Å². The first kappa shape index (κ1) is 14.9. The maximum absolute atomic E-state index is 11.5. The van der Waals surface area contributed by atoms with Gasteiger partial charge in [0.15, 0.2) is 4.80 Å². The lowest BCUT2D eigenvalue weighted by Crippen LogP contribution is -2.22. The number of esters is 1. The van der Waals surface area contributed by atoms with Crippen LogP contribution in [0.5, 0.6) is 0 Å². The highest BCUT2D eigenvalue weighted by Gasteiger charge is 2.14. The fourth-order valence-corrected chi connectivity index (χ4v) is 2.85. The number of carbonyl (C=O) groups is 2. The average Bonchev–Trinajstić information content (AvgIpc) is 2.74. The van der Waals surface area contributed by atoms with Crippen LogP contribution in [0.4, 0.5) is 5.69 Å². The topological polar surface area (TPSA) is 104 Å². The van der Waals surface area contributed by atoms with Crippen LogP contribution in [0.3, 0.4) is 0 Å². The highest BCUT2D eigenvalue weighted by molar-refractivity contribution is 7.16. The summed E-state index contributed by atoms with van der Waals surface area (Å²) >= 11 is 1.10. The van der Waals surface area contributed by atoms with Crippen LogP contribution < -0.4 is 4.80 Å². The summed E-state index contributed by atoms with van der Waals surface area (Å²) in [6.45, 7) is 1.16. The number of fused-ring (bicyclic) bond motifs is 1. The van der Waals surface area contributed by atoms with Crippen LogP contribution in [-0.4, -0.2) is 28.5 Å². The van der Waals surface area contributed by atoms with Crippen molar-refractivity contribution < 1.29 is 19.2 Å². The van der Waals surface area contributed by atoms with E-state index in [2.05, 4.69) is 9.73 Å². The lowest BCUT2D eigenvalue weighted by Gasteiger charge is -2.03. The molecule has 1 heterocycles. The number of nitrogens with zero attached hydrogens (tertiary/aromatic N) is 3. The van der Waals surface area contributed by atoms with Gasteiger partial charge in [-0.05, 0) is 6.07 Å². The Bertz CT molecular complexity index is 805. The molecule has 0 saturated heterocycles. The predicted molar refractivity (Wildman–Crippen MR) is 74.7 cm³/mol. The fourth-order valence-electron chi connectivity index (χ4n) is 1.74. The normalized spacial score (nSPS) is 11.6. The Morgan fingerprint density at radius 2 is 2.19 bits per heavy atom. The minimum Gasteiger partial charge on any atom is -0.468 e. The first-order chi connectivity index (χ1) is 9.92. The van der Waals surface area contributed by atoms with Crippen LogP contribution in [0.15, 0.2) is 23.2 Å². The Balaban J connectivity index is 2.69. The largest absolute Gasteiger partial charge is 0.468 e. The second-order valence-electron chi connectivity index (χ2n) is 4.09. The summed E-state index contributed by atoms with van der Waals surface area (Å²) < 4.78 is 6.66. The molecule has 21 heavy (non-hydrogen) atoms. The zero-order valence-corrected chi connectivity index (χ0v) is 12.0. The molecule has 8 nitrogen and oxygen atoms in total. The molecule has 9 heteroatoms. The van der Waals surface area contributed by atoms with Crippen LogP contribution in [0.2, 0.25) is 0 Å². The zero-order valence-electron chi connectivity index (χ0n) is 11.2. The summed E-state index contributed by atoms with van der Waals surface area (Å²) in [5.74, 6) is -0.923. The number of benzene rings is 1. The highest BCUT2D eigenvalue weighted by Crippen LogP contribution is 2.23. The van der Waals surface area contributed by atoms with Crippen molar-refractivity contribution in [3.8, 4) is 0 Å². The molecule has 0 spiro atoms.